The first-order valence-electron chi connectivity index (χ1n) is 5.16. The van der Waals surface area contributed by atoms with Gasteiger partial charge in [0, 0.05) is 16.3 Å². The number of carbonyl (C=O) groups excluding carboxylic acids is 1. The minimum Gasteiger partial charge on any atom is -0.504 e. The molecule has 0 heterocycles. The van der Waals surface area contributed by atoms with Crippen LogP contribution in [0.4, 0.5) is 10.5 Å². The van der Waals surface area contributed by atoms with Crippen molar-refractivity contribution in [1.82, 2.24) is 0 Å². The van der Waals surface area contributed by atoms with Crippen molar-refractivity contribution in [2.75, 3.05) is 0 Å². The zero-order valence-electron chi connectivity index (χ0n) is 9.58. The van der Waals surface area contributed by atoms with Gasteiger partial charge in [0.1, 0.15) is 5.69 Å². The van der Waals surface area contributed by atoms with Crippen LogP contribution in [0.15, 0.2) is 34.5 Å². The number of benzene rings is 2. The third-order valence-electron chi connectivity index (χ3n) is 2.62. The molecule has 2 rings (SSSR count). The molecule has 0 fully saturated rings. The van der Waals surface area contributed by atoms with Crippen molar-refractivity contribution >= 4 is 22.5 Å². The van der Waals surface area contributed by atoms with Gasteiger partial charge in [0.2, 0.25) is 0 Å². The first kappa shape index (κ1) is 11.8. The van der Waals surface area contributed by atoms with Crippen molar-refractivity contribution in [3.63, 3.8) is 0 Å². The maximum Gasteiger partial charge on any atom is 0.356 e. The minimum atomic E-state index is -0.925. The van der Waals surface area contributed by atoms with E-state index in [0.29, 0.717) is 22.0 Å². The number of fused-ring (bicyclic) bond motifs is 1. The Labute approximate surface area is 102 Å². The van der Waals surface area contributed by atoms with E-state index in [0.717, 1.165) is 0 Å². The van der Waals surface area contributed by atoms with E-state index in [1.807, 2.05) is 0 Å². The number of azo groups is 1. The fourth-order valence-electron chi connectivity index (χ4n) is 1.74. The molecule has 0 bridgehead atoms. The second-order valence-electron chi connectivity index (χ2n) is 3.75. The molecule has 0 spiro atoms. The molecule has 6 heteroatoms. The molecule has 0 saturated heterocycles. The lowest BCUT2D eigenvalue weighted by Gasteiger charge is -2.09. The third-order valence-corrected chi connectivity index (χ3v) is 2.62. The zero-order valence-corrected chi connectivity index (χ0v) is 9.58. The van der Waals surface area contributed by atoms with Crippen molar-refractivity contribution < 1.29 is 15.0 Å². The summed E-state index contributed by atoms with van der Waals surface area (Å²) in [4.78, 5) is 10.6. The van der Waals surface area contributed by atoms with Crippen LogP contribution in [0.5, 0.6) is 11.5 Å². The van der Waals surface area contributed by atoms with E-state index >= 15 is 0 Å². The number of nitrogens with zero attached hydrogens (tertiary/aromatic N) is 2. The van der Waals surface area contributed by atoms with Crippen LogP contribution in [-0.4, -0.2) is 16.2 Å². The molecule has 6 nitrogen and oxygen atoms in total. The molecule has 2 amide bonds. The third kappa shape index (κ3) is 1.84. The molecule has 0 saturated carbocycles. The van der Waals surface area contributed by atoms with E-state index in [9.17, 15) is 15.0 Å². The van der Waals surface area contributed by atoms with Gasteiger partial charge in [0.05, 0.1) is 0 Å². The maximum atomic E-state index is 10.6. The van der Waals surface area contributed by atoms with Gasteiger partial charge in [-0.25, -0.2) is 4.79 Å². The average Bonchev–Trinajstić information content (AvgIpc) is 2.36. The maximum absolute atomic E-state index is 10.6. The summed E-state index contributed by atoms with van der Waals surface area (Å²) in [5, 5.41) is 27.6. The summed E-state index contributed by atoms with van der Waals surface area (Å²) in [6.45, 7) is 1.57. The number of nitrogens with two attached hydrogens (primary N) is 1. The molecule has 2 aromatic rings. The van der Waals surface area contributed by atoms with Crippen LogP contribution in [0, 0.1) is 6.92 Å². The van der Waals surface area contributed by atoms with Crippen molar-refractivity contribution in [1.29, 1.82) is 0 Å². The number of aromatic hydroxyl groups is 2. The molecule has 0 aromatic heterocycles. The van der Waals surface area contributed by atoms with Gasteiger partial charge in [-0.2, -0.15) is 0 Å². The number of phenols is 2. The Morgan fingerprint density at radius 2 is 1.78 bits per heavy atom. The number of primary amides is 1. The predicted octanol–water partition coefficient (Wildman–Crippen LogP) is 2.72. The number of rotatable bonds is 1. The summed E-state index contributed by atoms with van der Waals surface area (Å²) in [5.41, 5.74) is 5.53. The standard InChI is InChI=1S/C12H11N3O3/c1-6-9(14-15-12(13)18)7-4-2-3-5-8(7)11(17)10(6)16/h2-5,16-17H,1H3,(H2,13,18). The largest absolute Gasteiger partial charge is 0.504 e. The second kappa shape index (κ2) is 4.33. The average molecular weight is 245 g/mol. The summed E-state index contributed by atoms with van der Waals surface area (Å²) in [6.07, 6.45) is 0. The summed E-state index contributed by atoms with van der Waals surface area (Å²) < 4.78 is 0. The molecule has 0 unspecified atom stereocenters. The summed E-state index contributed by atoms with van der Waals surface area (Å²) >= 11 is 0. The smallest absolute Gasteiger partial charge is 0.356 e. The van der Waals surface area contributed by atoms with Gasteiger partial charge in [-0.3, -0.25) is 0 Å². The molecule has 0 aliphatic carbocycles. The van der Waals surface area contributed by atoms with E-state index in [2.05, 4.69) is 10.2 Å². The van der Waals surface area contributed by atoms with E-state index in [1.54, 1.807) is 31.2 Å². The number of hydrogen-bond acceptors (Lipinski definition) is 4. The highest BCUT2D eigenvalue weighted by atomic mass is 16.3. The molecule has 18 heavy (non-hydrogen) atoms. The van der Waals surface area contributed by atoms with Crippen LogP contribution in [0.3, 0.4) is 0 Å². The van der Waals surface area contributed by atoms with E-state index in [4.69, 9.17) is 5.73 Å². The Kier molecular flexibility index (Phi) is 2.85. The van der Waals surface area contributed by atoms with Gasteiger partial charge in [-0.05, 0) is 6.92 Å². The quantitative estimate of drug-likeness (QED) is 0.530. The van der Waals surface area contributed by atoms with Gasteiger partial charge >= 0.3 is 6.03 Å². The summed E-state index contributed by atoms with van der Waals surface area (Å²) in [5.74, 6) is -0.506. The Morgan fingerprint density at radius 3 is 2.39 bits per heavy atom. The highest BCUT2D eigenvalue weighted by molar-refractivity contribution is 6.00. The number of carbonyl (C=O) groups is 1. The van der Waals surface area contributed by atoms with Gasteiger partial charge in [0.15, 0.2) is 11.5 Å². The van der Waals surface area contributed by atoms with Crippen molar-refractivity contribution in [2.24, 2.45) is 16.0 Å². The number of hydrogen-bond donors (Lipinski definition) is 3. The lowest BCUT2D eigenvalue weighted by atomic mass is 10.0. The molecule has 92 valence electrons. The van der Waals surface area contributed by atoms with E-state index < -0.39 is 6.03 Å². The van der Waals surface area contributed by atoms with Crippen LogP contribution in [0.25, 0.3) is 10.8 Å². The van der Waals surface area contributed by atoms with Gasteiger partial charge in [-0.1, -0.05) is 29.4 Å². The minimum absolute atomic E-state index is 0.221. The SMILES string of the molecule is Cc1c(O)c(O)c2ccccc2c1N=NC(N)=O. The number of phenolic OH excluding ortho intramolecular Hbond substituents is 2. The molecule has 0 atom stereocenters. The molecule has 4 N–H and O–H groups in total. The topological polar surface area (TPSA) is 108 Å². The van der Waals surface area contributed by atoms with Crippen molar-refractivity contribution in [3.05, 3.63) is 29.8 Å². The van der Waals surface area contributed by atoms with Crippen LogP contribution < -0.4 is 5.73 Å². The highest BCUT2D eigenvalue weighted by Gasteiger charge is 2.15. The summed E-state index contributed by atoms with van der Waals surface area (Å²) in [7, 11) is 0. The van der Waals surface area contributed by atoms with Crippen molar-refractivity contribution in [2.45, 2.75) is 6.92 Å². The molecule has 0 radical (unpaired) electrons. The first-order chi connectivity index (χ1) is 8.52. The molecular formula is C12H11N3O3. The zero-order chi connectivity index (χ0) is 13.3. The first-order valence-corrected chi connectivity index (χ1v) is 5.16. The monoisotopic (exact) mass is 245 g/mol. The Bertz CT molecular complexity index is 665. The Morgan fingerprint density at radius 1 is 1.17 bits per heavy atom. The Hall–Kier alpha value is -2.63. The lowest BCUT2D eigenvalue weighted by molar-refractivity contribution is 0.255. The molecular weight excluding hydrogens is 234 g/mol. The highest BCUT2D eigenvalue weighted by Crippen LogP contribution is 2.43. The molecule has 0 aliphatic rings. The van der Waals surface area contributed by atoms with Crippen LogP contribution >= 0.6 is 0 Å². The van der Waals surface area contributed by atoms with Crippen LogP contribution in [0.1, 0.15) is 5.56 Å². The van der Waals surface area contributed by atoms with Crippen LogP contribution in [0.2, 0.25) is 0 Å². The normalized spacial score (nSPS) is 11.2. The molecule has 2 aromatic carbocycles. The Balaban J connectivity index is 2.83. The number of amides is 2. The molecule has 0 aliphatic heterocycles. The fourth-order valence-corrected chi connectivity index (χ4v) is 1.74. The van der Waals surface area contributed by atoms with Gasteiger partial charge in [0.25, 0.3) is 0 Å². The second-order valence-corrected chi connectivity index (χ2v) is 3.75. The van der Waals surface area contributed by atoms with Gasteiger partial charge in [-0.15, -0.1) is 5.11 Å². The lowest BCUT2D eigenvalue weighted by Crippen LogP contribution is -2.02. The van der Waals surface area contributed by atoms with E-state index in [-0.39, 0.29) is 11.5 Å². The van der Waals surface area contributed by atoms with E-state index in [1.165, 1.54) is 0 Å². The van der Waals surface area contributed by atoms with Crippen LogP contribution in [-0.2, 0) is 0 Å². The fraction of sp³-hybridized carbons (Fsp3) is 0.0833. The van der Waals surface area contributed by atoms with Gasteiger partial charge < -0.3 is 15.9 Å². The predicted molar refractivity (Wildman–Crippen MR) is 66.1 cm³/mol. The summed E-state index contributed by atoms with van der Waals surface area (Å²) in [6, 6.07) is 5.88. The number of urea groups is 1. The van der Waals surface area contributed by atoms with Crippen molar-refractivity contribution in [3.8, 4) is 11.5 Å².